The van der Waals surface area contributed by atoms with Crippen LogP contribution in [0.15, 0.2) is 24.4 Å². The summed E-state index contributed by atoms with van der Waals surface area (Å²) in [4.78, 5) is 0. The Kier molecular flexibility index (Phi) is 4.44. The Hall–Kier alpha value is -1.47. The van der Waals surface area contributed by atoms with Crippen molar-refractivity contribution in [3.63, 3.8) is 0 Å². The highest BCUT2D eigenvalue weighted by Gasteiger charge is 2.31. The maximum absolute atomic E-state index is 12.4. The van der Waals surface area contributed by atoms with Crippen molar-refractivity contribution < 1.29 is 8.42 Å². The van der Waals surface area contributed by atoms with Crippen LogP contribution in [0.2, 0.25) is 0 Å². The van der Waals surface area contributed by atoms with Gasteiger partial charge in [0.2, 0.25) is 10.0 Å². The zero-order valence-electron chi connectivity index (χ0n) is 12.9. The van der Waals surface area contributed by atoms with Crippen LogP contribution in [0.4, 0.5) is 0 Å². The van der Waals surface area contributed by atoms with Crippen LogP contribution in [0.3, 0.4) is 0 Å². The molecule has 0 saturated carbocycles. The van der Waals surface area contributed by atoms with Gasteiger partial charge in [-0.05, 0) is 31.4 Å². The molecule has 0 spiro atoms. The van der Waals surface area contributed by atoms with Crippen molar-refractivity contribution in [2.45, 2.75) is 38.5 Å². The van der Waals surface area contributed by atoms with E-state index in [4.69, 9.17) is 0 Å². The van der Waals surface area contributed by atoms with E-state index >= 15 is 0 Å². The lowest BCUT2D eigenvalue weighted by Gasteiger charge is -2.31. The summed E-state index contributed by atoms with van der Waals surface area (Å²) in [6.45, 7) is 3.15. The molecule has 0 unspecified atom stereocenters. The molecular formula is C15H22N4O2S. The molecule has 7 heteroatoms. The smallest absolute Gasteiger partial charge is 0.214 e. The predicted molar refractivity (Wildman–Crippen MR) is 85.2 cm³/mol. The summed E-state index contributed by atoms with van der Waals surface area (Å²) < 4.78 is 28.4. The van der Waals surface area contributed by atoms with Crippen LogP contribution in [0, 0.1) is 0 Å². The number of nitrogens with zero attached hydrogens (tertiary/aromatic N) is 4. The molecule has 1 aliphatic heterocycles. The molecular weight excluding hydrogens is 300 g/mol. The lowest BCUT2D eigenvalue weighted by Crippen LogP contribution is -2.40. The highest BCUT2D eigenvalue weighted by atomic mass is 32.2. The number of hydrogen-bond acceptors (Lipinski definition) is 4. The van der Waals surface area contributed by atoms with Crippen molar-refractivity contribution in [3.05, 3.63) is 30.2 Å². The van der Waals surface area contributed by atoms with Crippen molar-refractivity contribution in [1.29, 1.82) is 0 Å². The van der Waals surface area contributed by atoms with Crippen LogP contribution < -0.4 is 0 Å². The maximum atomic E-state index is 12.4. The molecule has 1 saturated heterocycles. The zero-order chi connectivity index (χ0) is 15.6. The van der Waals surface area contributed by atoms with Crippen molar-refractivity contribution in [3.8, 4) is 0 Å². The number of piperidine rings is 1. The molecule has 3 rings (SSSR count). The van der Waals surface area contributed by atoms with E-state index in [0.717, 1.165) is 37.2 Å². The highest BCUT2D eigenvalue weighted by molar-refractivity contribution is 7.89. The van der Waals surface area contributed by atoms with E-state index in [0.29, 0.717) is 13.1 Å². The molecule has 0 aliphatic carbocycles. The van der Waals surface area contributed by atoms with Crippen LogP contribution in [-0.4, -0.2) is 46.2 Å². The van der Waals surface area contributed by atoms with E-state index < -0.39 is 10.0 Å². The topological polar surface area (TPSA) is 67.6 Å². The van der Waals surface area contributed by atoms with Gasteiger partial charge in [-0.1, -0.05) is 19.4 Å². The van der Waals surface area contributed by atoms with Crippen LogP contribution in [-0.2, 0) is 10.0 Å². The maximum Gasteiger partial charge on any atom is 0.214 e. The standard InChI is InChI=1S/C15H22N4O2S/c1-2-3-11-22(20,21)18-9-6-7-13(12-18)15-17-16-14-8-4-5-10-19(14)15/h4-5,8,10,13H,2-3,6-7,9,11-12H2,1H3/t13-/m1/s1. The molecule has 22 heavy (non-hydrogen) atoms. The second-order valence-corrected chi connectivity index (χ2v) is 7.94. The number of unbranched alkanes of at least 4 members (excludes halogenated alkanes) is 1. The van der Waals surface area contributed by atoms with Crippen molar-refractivity contribution in [1.82, 2.24) is 18.9 Å². The molecule has 0 radical (unpaired) electrons. The normalized spacial score (nSPS) is 20.5. The molecule has 1 atom stereocenters. The summed E-state index contributed by atoms with van der Waals surface area (Å²) in [7, 11) is -3.15. The first-order valence-electron chi connectivity index (χ1n) is 7.89. The van der Waals surface area contributed by atoms with Gasteiger partial charge in [-0.2, -0.15) is 0 Å². The van der Waals surface area contributed by atoms with Gasteiger partial charge in [0.15, 0.2) is 5.65 Å². The number of hydrogen-bond donors (Lipinski definition) is 0. The summed E-state index contributed by atoms with van der Waals surface area (Å²) >= 11 is 0. The Bertz CT molecular complexity index is 741. The monoisotopic (exact) mass is 322 g/mol. The molecule has 120 valence electrons. The van der Waals surface area contributed by atoms with Gasteiger partial charge in [-0.15, -0.1) is 10.2 Å². The van der Waals surface area contributed by atoms with Crippen LogP contribution >= 0.6 is 0 Å². The minimum atomic E-state index is -3.15. The Morgan fingerprint density at radius 2 is 2.18 bits per heavy atom. The third kappa shape index (κ3) is 3.01. The van der Waals surface area contributed by atoms with E-state index in [1.54, 1.807) is 4.31 Å². The molecule has 1 fully saturated rings. The Morgan fingerprint density at radius 3 is 3.00 bits per heavy atom. The average molecular weight is 322 g/mol. The first-order valence-corrected chi connectivity index (χ1v) is 9.50. The predicted octanol–water partition coefficient (Wildman–Crippen LogP) is 2.04. The quantitative estimate of drug-likeness (QED) is 0.845. The summed E-state index contributed by atoms with van der Waals surface area (Å²) in [5, 5.41) is 8.46. The molecule has 2 aromatic rings. The third-order valence-corrected chi connectivity index (χ3v) is 6.16. The Balaban J connectivity index is 1.81. The van der Waals surface area contributed by atoms with E-state index in [1.807, 2.05) is 35.7 Å². The van der Waals surface area contributed by atoms with Gasteiger partial charge < -0.3 is 0 Å². The molecule has 0 N–H and O–H groups in total. The number of aromatic nitrogens is 3. The lowest BCUT2D eigenvalue weighted by molar-refractivity contribution is 0.308. The minimum Gasteiger partial charge on any atom is -0.286 e. The van der Waals surface area contributed by atoms with Crippen LogP contribution in [0.25, 0.3) is 5.65 Å². The fourth-order valence-electron chi connectivity index (χ4n) is 3.00. The summed E-state index contributed by atoms with van der Waals surface area (Å²) in [6, 6.07) is 5.78. The molecule has 3 heterocycles. The summed E-state index contributed by atoms with van der Waals surface area (Å²) in [6.07, 6.45) is 5.38. The fraction of sp³-hybridized carbons (Fsp3) is 0.600. The van der Waals surface area contributed by atoms with E-state index in [2.05, 4.69) is 10.2 Å². The molecule has 2 aromatic heterocycles. The van der Waals surface area contributed by atoms with Gasteiger partial charge in [0.1, 0.15) is 5.82 Å². The van der Waals surface area contributed by atoms with Crippen molar-refractivity contribution in [2.75, 3.05) is 18.8 Å². The van der Waals surface area contributed by atoms with E-state index in [9.17, 15) is 8.42 Å². The molecule has 0 bridgehead atoms. The Morgan fingerprint density at radius 1 is 1.32 bits per heavy atom. The van der Waals surface area contributed by atoms with E-state index in [1.165, 1.54) is 0 Å². The van der Waals surface area contributed by atoms with Crippen molar-refractivity contribution in [2.24, 2.45) is 0 Å². The number of fused-ring (bicyclic) bond motifs is 1. The first-order chi connectivity index (χ1) is 10.6. The molecule has 1 aliphatic rings. The summed E-state index contributed by atoms with van der Waals surface area (Å²) in [5.74, 6) is 1.23. The zero-order valence-corrected chi connectivity index (χ0v) is 13.7. The number of sulfonamides is 1. The van der Waals surface area contributed by atoms with Gasteiger partial charge in [0, 0.05) is 25.2 Å². The van der Waals surface area contributed by atoms with Crippen LogP contribution in [0.5, 0.6) is 0 Å². The lowest BCUT2D eigenvalue weighted by atomic mass is 9.99. The largest absolute Gasteiger partial charge is 0.286 e. The van der Waals surface area contributed by atoms with Gasteiger partial charge in [0.25, 0.3) is 0 Å². The van der Waals surface area contributed by atoms with Gasteiger partial charge in [-0.25, -0.2) is 12.7 Å². The van der Waals surface area contributed by atoms with Gasteiger partial charge in [-0.3, -0.25) is 4.40 Å². The van der Waals surface area contributed by atoms with E-state index in [-0.39, 0.29) is 11.7 Å². The van der Waals surface area contributed by atoms with Crippen molar-refractivity contribution >= 4 is 15.7 Å². The first kappa shape index (κ1) is 15.4. The molecule has 0 amide bonds. The second kappa shape index (κ2) is 6.34. The van der Waals surface area contributed by atoms with Gasteiger partial charge >= 0.3 is 0 Å². The second-order valence-electron chi connectivity index (χ2n) is 5.85. The molecule has 6 nitrogen and oxygen atoms in total. The SMILES string of the molecule is CCCCS(=O)(=O)N1CCC[C@@H](c2nnc3ccccn23)C1. The molecule has 0 aromatic carbocycles. The fourth-order valence-corrected chi connectivity index (χ4v) is 4.73. The average Bonchev–Trinajstić information content (AvgIpc) is 2.97. The minimum absolute atomic E-state index is 0.113. The number of pyridine rings is 1. The third-order valence-electron chi connectivity index (χ3n) is 4.24. The Labute approximate surface area is 131 Å². The van der Waals surface area contributed by atoms with Crippen LogP contribution in [0.1, 0.15) is 44.3 Å². The number of rotatable bonds is 5. The highest BCUT2D eigenvalue weighted by Crippen LogP contribution is 2.27. The summed E-state index contributed by atoms with van der Waals surface area (Å²) in [5.41, 5.74) is 0.809. The van der Waals surface area contributed by atoms with Gasteiger partial charge in [0.05, 0.1) is 5.75 Å².